The van der Waals surface area contributed by atoms with Gasteiger partial charge < -0.3 is 4.52 Å². The number of carbonyl (C=O) groups is 1. The van der Waals surface area contributed by atoms with Gasteiger partial charge in [-0.1, -0.05) is 46.3 Å². The second-order valence-electron chi connectivity index (χ2n) is 5.55. The first-order chi connectivity index (χ1) is 13.1. The van der Waals surface area contributed by atoms with E-state index in [0.717, 1.165) is 5.56 Å². The molecule has 3 aromatic heterocycles. The standard InChI is InChI=1S/C18H12ClN5O2S/c1-10-14(15(24-26-10)12-6-2-3-7-13(12)19)16(25)21-18-23-22-17(27-18)11-5-4-8-20-9-11/h2-9H,1H3,(H,21,23,25). The van der Waals surface area contributed by atoms with E-state index in [4.69, 9.17) is 16.1 Å². The molecule has 0 spiro atoms. The molecule has 0 saturated heterocycles. The van der Waals surface area contributed by atoms with Crippen LogP contribution in [0.2, 0.25) is 5.02 Å². The Labute approximate surface area is 163 Å². The molecule has 0 bridgehead atoms. The number of nitrogens with zero attached hydrogens (tertiary/aromatic N) is 4. The monoisotopic (exact) mass is 397 g/mol. The van der Waals surface area contributed by atoms with Crippen LogP contribution in [0.1, 0.15) is 16.1 Å². The minimum atomic E-state index is -0.391. The van der Waals surface area contributed by atoms with Crippen LogP contribution in [0, 0.1) is 6.92 Å². The quantitative estimate of drug-likeness (QED) is 0.546. The van der Waals surface area contributed by atoms with Gasteiger partial charge in [0.15, 0.2) is 5.01 Å². The van der Waals surface area contributed by atoms with Gasteiger partial charge in [-0.05, 0) is 25.1 Å². The maximum Gasteiger partial charge on any atom is 0.263 e. The van der Waals surface area contributed by atoms with Crippen molar-refractivity contribution in [3.63, 3.8) is 0 Å². The molecule has 0 unspecified atom stereocenters. The lowest BCUT2D eigenvalue weighted by Crippen LogP contribution is -2.13. The number of carbonyl (C=O) groups excluding carboxylic acids is 1. The van der Waals surface area contributed by atoms with Crippen molar-refractivity contribution in [3.8, 4) is 21.8 Å². The molecule has 0 radical (unpaired) electrons. The Balaban J connectivity index is 1.63. The van der Waals surface area contributed by atoms with Crippen LogP contribution in [0.4, 0.5) is 5.13 Å². The molecule has 1 amide bonds. The zero-order valence-electron chi connectivity index (χ0n) is 14.0. The Morgan fingerprint density at radius 1 is 1.19 bits per heavy atom. The summed E-state index contributed by atoms with van der Waals surface area (Å²) in [6.45, 7) is 1.67. The van der Waals surface area contributed by atoms with E-state index in [0.29, 0.717) is 37.7 Å². The first kappa shape index (κ1) is 17.3. The Kier molecular flexibility index (Phi) is 4.66. The zero-order chi connectivity index (χ0) is 18.8. The maximum atomic E-state index is 12.8. The fraction of sp³-hybridized carbons (Fsp3) is 0.0556. The smallest absolute Gasteiger partial charge is 0.263 e. The van der Waals surface area contributed by atoms with E-state index in [1.54, 1.807) is 37.5 Å². The van der Waals surface area contributed by atoms with E-state index in [9.17, 15) is 4.79 Å². The number of nitrogens with one attached hydrogen (secondary N) is 1. The van der Waals surface area contributed by atoms with Crippen LogP contribution < -0.4 is 5.32 Å². The molecule has 0 fully saturated rings. The molecule has 4 aromatic rings. The Morgan fingerprint density at radius 2 is 2.04 bits per heavy atom. The molecule has 1 aromatic carbocycles. The summed E-state index contributed by atoms with van der Waals surface area (Å²) in [6.07, 6.45) is 3.36. The summed E-state index contributed by atoms with van der Waals surface area (Å²) in [5, 5.41) is 16.4. The largest absolute Gasteiger partial charge is 0.360 e. The third-order valence-corrected chi connectivity index (χ3v) is 4.99. The molecule has 7 nitrogen and oxygen atoms in total. The molecular formula is C18H12ClN5O2S. The Morgan fingerprint density at radius 3 is 2.81 bits per heavy atom. The predicted molar refractivity (Wildman–Crippen MR) is 103 cm³/mol. The highest BCUT2D eigenvalue weighted by atomic mass is 35.5. The lowest BCUT2D eigenvalue weighted by molar-refractivity contribution is 0.102. The van der Waals surface area contributed by atoms with Crippen LogP contribution in [0.15, 0.2) is 53.3 Å². The highest BCUT2D eigenvalue weighted by Gasteiger charge is 2.24. The van der Waals surface area contributed by atoms with Crippen LogP contribution in [0.25, 0.3) is 21.8 Å². The summed E-state index contributed by atoms with van der Waals surface area (Å²) in [7, 11) is 0. The number of rotatable bonds is 4. The van der Waals surface area contributed by atoms with Gasteiger partial charge in [0.25, 0.3) is 5.91 Å². The van der Waals surface area contributed by atoms with Crippen molar-refractivity contribution in [2.24, 2.45) is 0 Å². The van der Waals surface area contributed by atoms with E-state index < -0.39 is 5.91 Å². The van der Waals surface area contributed by atoms with Gasteiger partial charge >= 0.3 is 0 Å². The maximum absolute atomic E-state index is 12.8. The van der Waals surface area contributed by atoms with Crippen molar-refractivity contribution in [2.75, 3.05) is 5.32 Å². The van der Waals surface area contributed by atoms with E-state index in [1.165, 1.54) is 11.3 Å². The third-order valence-electron chi connectivity index (χ3n) is 3.77. The van der Waals surface area contributed by atoms with Crippen LogP contribution in [-0.4, -0.2) is 26.2 Å². The number of pyridine rings is 1. The van der Waals surface area contributed by atoms with Crippen LogP contribution >= 0.6 is 22.9 Å². The zero-order valence-corrected chi connectivity index (χ0v) is 15.6. The van der Waals surface area contributed by atoms with Crippen LogP contribution in [0.5, 0.6) is 0 Å². The van der Waals surface area contributed by atoms with Crippen LogP contribution in [0.3, 0.4) is 0 Å². The highest BCUT2D eigenvalue weighted by molar-refractivity contribution is 7.18. The second kappa shape index (κ2) is 7.26. The number of benzene rings is 1. The van der Waals surface area contributed by atoms with Gasteiger partial charge in [0.1, 0.15) is 17.0 Å². The topological polar surface area (TPSA) is 93.8 Å². The summed E-state index contributed by atoms with van der Waals surface area (Å²) in [4.78, 5) is 16.9. The first-order valence-electron chi connectivity index (χ1n) is 7.90. The molecule has 134 valence electrons. The van der Waals surface area contributed by atoms with Crippen molar-refractivity contribution in [1.82, 2.24) is 20.3 Å². The van der Waals surface area contributed by atoms with Crippen molar-refractivity contribution in [2.45, 2.75) is 6.92 Å². The lowest BCUT2D eigenvalue weighted by Gasteiger charge is -2.04. The lowest BCUT2D eigenvalue weighted by atomic mass is 10.1. The van der Waals surface area contributed by atoms with Gasteiger partial charge in [0.05, 0.1) is 5.02 Å². The summed E-state index contributed by atoms with van der Waals surface area (Å²) in [6, 6.07) is 10.8. The van der Waals surface area contributed by atoms with Crippen molar-refractivity contribution < 1.29 is 9.32 Å². The number of aryl methyl sites for hydroxylation is 1. The highest BCUT2D eigenvalue weighted by Crippen LogP contribution is 2.32. The molecule has 9 heteroatoms. The number of anilines is 1. The normalized spacial score (nSPS) is 10.7. The van der Waals surface area contributed by atoms with E-state index in [2.05, 4.69) is 25.7 Å². The summed E-state index contributed by atoms with van der Waals surface area (Å²) >= 11 is 7.49. The molecule has 27 heavy (non-hydrogen) atoms. The first-order valence-corrected chi connectivity index (χ1v) is 9.09. The molecule has 3 heterocycles. The molecule has 0 aliphatic heterocycles. The Bertz CT molecular complexity index is 1110. The van der Waals surface area contributed by atoms with Gasteiger partial charge in [-0.15, -0.1) is 10.2 Å². The number of amides is 1. The number of hydrogen-bond acceptors (Lipinski definition) is 7. The minimum absolute atomic E-state index is 0.307. The molecule has 0 atom stereocenters. The van der Waals surface area contributed by atoms with E-state index >= 15 is 0 Å². The number of aromatic nitrogens is 4. The number of hydrogen-bond donors (Lipinski definition) is 1. The fourth-order valence-corrected chi connectivity index (χ4v) is 3.47. The molecule has 1 N–H and O–H groups in total. The molecule has 0 aliphatic rings. The van der Waals surface area contributed by atoms with E-state index in [1.807, 2.05) is 18.2 Å². The summed E-state index contributed by atoms with van der Waals surface area (Å²) < 4.78 is 5.23. The molecule has 4 rings (SSSR count). The average molecular weight is 398 g/mol. The van der Waals surface area contributed by atoms with Gasteiger partial charge in [0.2, 0.25) is 5.13 Å². The number of halogens is 1. The SMILES string of the molecule is Cc1onc(-c2ccccc2Cl)c1C(=O)Nc1nnc(-c2cccnc2)s1. The van der Waals surface area contributed by atoms with Gasteiger partial charge in [-0.3, -0.25) is 15.1 Å². The van der Waals surface area contributed by atoms with Crippen LogP contribution in [-0.2, 0) is 0 Å². The molecule has 0 aliphatic carbocycles. The average Bonchev–Trinajstić information content (AvgIpc) is 3.29. The Hall–Kier alpha value is -3.10. The second-order valence-corrected chi connectivity index (χ2v) is 6.94. The predicted octanol–water partition coefficient (Wildman–Crippen LogP) is 4.47. The third kappa shape index (κ3) is 3.44. The fourth-order valence-electron chi connectivity index (χ4n) is 2.52. The van der Waals surface area contributed by atoms with Crippen molar-refractivity contribution in [3.05, 3.63) is 65.1 Å². The van der Waals surface area contributed by atoms with Gasteiger partial charge in [0, 0.05) is 23.5 Å². The minimum Gasteiger partial charge on any atom is -0.360 e. The molecule has 0 saturated carbocycles. The van der Waals surface area contributed by atoms with E-state index in [-0.39, 0.29) is 0 Å². The molecular weight excluding hydrogens is 386 g/mol. The summed E-state index contributed by atoms with van der Waals surface area (Å²) in [5.41, 5.74) is 2.14. The van der Waals surface area contributed by atoms with Gasteiger partial charge in [-0.2, -0.15) is 0 Å². The van der Waals surface area contributed by atoms with Gasteiger partial charge in [-0.25, -0.2) is 0 Å². The van der Waals surface area contributed by atoms with Crippen molar-refractivity contribution in [1.29, 1.82) is 0 Å². The summed E-state index contributed by atoms with van der Waals surface area (Å²) in [5.74, 6) is -0.00280. The van der Waals surface area contributed by atoms with Crippen molar-refractivity contribution >= 4 is 34.0 Å².